The first-order valence-electron chi connectivity index (χ1n) is 8.15. The van der Waals surface area contributed by atoms with Gasteiger partial charge in [0.2, 0.25) is 0 Å². The van der Waals surface area contributed by atoms with Crippen LogP contribution in [0, 0.1) is 0 Å². The molecule has 3 rings (SSSR count). The second-order valence-corrected chi connectivity index (χ2v) is 6.41. The van der Waals surface area contributed by atoms with Crippen molar-refractivity contribution in [3.63, 3.8) is 0 Å². The van der Waals surface area contributed by atoms with Crippen LogP contribution in [0.15, 0.2) is 65.2 Å². The lowest BCUT2D eigenvalue weighted by Gasteiger charge is -2.11. The van der Waals surface area contributed by atoms with Crippen molar-refractivity contribution in [1.29, 1.82) is 0 Å². The number of hydrogen-bond acceptors (Lipinski definition) is 5. The molecule has 0 saturated carbocycles. The molecule has 0 unspecified atom stereocenters. The van der Waals surface area contributed by atoms with E-state index >= 15 is 0 Å². The molecule has 0 amide bonds. The van der Waals surface area contributed by atoms with Crippen LogP contribution in [-0.4, -0.2) is 21.1 Å². The Morgan fingerprint density at radius 2 is 2.16 bits per heavy atom. The summed E-state index contributed by atoms with van der Waals surface area (Å²) in [4.78, 5) is 21.8. The molecule has 5 nitrogen and oxygen atoms in total. The van der Waals surface area contributed by atoms with Crippen molar-refractivity contribution in [2.24, 2.45) is 0 Å². The number of para-hydroxylation sites is 1. The average Bonchev–Trinajstić information content (AvgIpc) is 2.63. The number of fused-ring (bicyclic) bond motifs is 1. The number of nitrogens with zero attached hydrogens (tertiary/aromatic N) is 3. The van der Waals surface area contributed by atoms with Gasteiger partial charge in [-0.05, 0) is 31.2 Å². The molecule has 2 heterocycles. The van der Waals surface area contributed by atoms with E-state index in [9.17, 15) is 4.79 Å². The molecule has 0 radical (unpaired) electrons. The second kappa shape index (κ2) is 7.98. The zero-order valence-corrected chi connectivity index (χ0v) is 14.9. The zero-order valence-electron chi connectivity index (χ0n) is 14.1. The molecule has 0 spiro atoms. The van der Waals surface area contributed by atoms with Gasteiger partial charge in [0.05, 0.1) is 16.6 Å². The lowest BCUT2D eigenvalue weighted by Crippen LogP contribution is -2.22. The molecule has 0 fully saturated rings. The maximum atomic E-state index is 12.7. The van der Waals surface area contributed by atoms with E-state index in [2.05, 4.69) is 28.8 Å². The smallest absolute Gasteiger partial charge is 0.262 e. The van der Waals surface area contributed by atoms with E-state index < -0.39 is 0 Å². The largest absolute Gasteiger partial charge is 0.385 e. The third-order valence-electron chi connectivity index (χ3n) is 3.68. The van der Waals surface area contributed by atoms with Gasteiger partial charge in [0.15, 0.2) is 5.16 Å². The number of rotatable bonds is 7. The normalized spacial score (nSPS) is 10.8. The molecule has 1 aromatic carbocycles. The number of anilines is 1. The van der Waals surface area contributed by atoms with E-state index in [1.54, 1.807) is 22.9 Å². The predicted octanol–water partition coefficient (Wildman–Crippen LogP) is 3.70. The molecular weight excluding hydrogens is 332 g/mol. The van der Waals surface area contributed by atoms with Crippen molar-refractivity contribution in [3.05, 3.63) is 71.3 Å². The van der Waals surface area contributed by atoms with Gasteiger partial charge in [0, 0.05) is 30.7 Å². The Balaban J connectivity index is 1.92. The summed E-state index contributed by atoms with van der Waals surface area (Å²) in [6.07, 6.45) is 3.50. The van der Waals surface area contributed by atoms with E-state index in [-0.39, 0.29) is 5.56 Å². The van der Waals surface area contributed by atoms with Crippen molar-refractivity contribution in [1.82, 2.24) is 14.5 Å². The van der Waals surface area contributed by atoms with Crippen LogP contribution in [0.4, 0.5) is 5.69 Å². The van der Waals surface area contributed by atoms with Crippen LogP contribution in [0.3, 0.4) is 0 Å². The fourth-order valence-electron chi connectivity index (χ4n) is 2.56. The molecule has 0 aliphatic rings. The van der Waals surface area contributed by atoms with E-state index in [1.165, 1.54) is 11.8 Å². The highest BCUT2D eigenvalue weighted by atomic mass is 32.2. The molecule has 128 valence electrons. The molecule has 2 aromatic heterocycles. The minimum absolute atomic E-state index is 0.0395. The van der Waals surface area contributed by atoms with E-state index in [1.807, 2.05) is 30.3 Å². The number of aromatic nitrogens is 3. The molecule has 0 aliphatic heterocycles. The van der Waals surface area contributed by atoms with Crippen molar-refractivity contribution >= 4 is 28.4 Å². The van der Waals surface area contributed by atoms with Gasteiger partial charge in [0.25, 0.3) is 5.56 Å². The van der Waals surface area contributed by atoms with E-state index in [0.29, 0.717) is 28.4 Å². The van der Waals surface area contributed by atoms with Crippen molar-refractivity contribution < 1.29 is 0 Å². The van der Waals surface area contributed by atoms with Gasteiger partial charge < -0.3 is 5.32 Å². The summed E-state index contributed by atoms with van der Waals surface area (Å²) in [5.74, 6) is 0.640. The highest BCUT2D eigenvalue weighted by Crippen LogP contribution is 2.22. The van der Waals surface area contributed by atoms with Gasteiger partial charge in [-0.3, -0.25) is 14.3 Å². The first-order chi connectivity index (χ1) is 12.2. The number of hydrogen-bond donors (Lipinski definition) is 1. The van der Waals surface area contributed by atoms with Crippen molar-refractivity contribution in [2.45, 2.75) is 24.4 Å². The van der Waals surface area contributed by atoms with Gasteiger partial charge in [-0.25, -0.2) is 4.98 Å². The maximum absolute atomic E-state index is 12.7. The van der Waals surface area contributed by atoms with E-state index in [4.69, 9.17) is 0 Å². The summed E-state index contributed by atoms with van der Waals surface area (Å²) < 4.78 is 1.66. The van der Waals surface area contributed by atoms with Crippen LogP contribution < -0.4 is 10.9 Å². The summed E-state index contributed by atoms with van der Waals surface area (Å²) in [7, 11) is 0. The molecule has 0 atom stereocenters. The summed E-state index contributed by atoms with van der Waals surface area (Å²) in [5, 5.41) is 4.58. The Morgan fingerprint density at radius 3 is 2.96 bits per heavy atom. The molecule has 1 N–H and O–H groups in total. The number of benzene rings is 1. The number of allylic oxidation sites excluding steroid dienone is 1. The van der Waals surface area contributed by atoms with Gasteiger partial charge >= 0.3 is 0 Å². The maximum Gasteiger partial charge on any atom is 0.262 e. The van der Waals surface area contributed by atoms with Crippen LogP contribution in [0.2, 0.25) is 0 Å². The lowest BCUT2D eigenvalue weighted by molar-refractivity contribution is 0.671. The molecule has 6 heteroatoms. The molecule has 0 aliphatic carbocycles. The molecule has 0 saturated heterocycles. The van der Waals surface area contributed by atoms with Gasteiger partial charge in [-0.2, -0.15) is 0 Å². The molecule has 3 aromatic rings. The monoisotopic (exact) mass is 352 g/mol. The van der Waals surface area contributed by atoms with Gasteiger partial charge in [0.1, 0.15) is 0 Å². The fourth-order valence-corrected chi connectivity index (χ4v) is 3.47. The van der Waals surface area contributed by atoms with Crippen LogP contribution in [0.25, 0.3) is 10.9 Å². The number of thioether (sulfide) groups is 1. The van der Waals surface area contributed by atoms with Crippen molar-refractivity contribution in [3.8, 4) is 0 Å². The minimum Gasteiger partial charge on any atom is -0.385 e. The SMILES string of the molecule is C=CCn1c(SCc2cc(NCC)ccn2)nc2ccccc2c1=O. The van der Waals surface area contributed by atoms with E-state index in [0.717, 1.165) is 17.9 Å². The van der Waals surface area contributed by atoms with Crippen LogP contribution in [-0.2, 0) is 12.3 Å². The highest BCUT2D eigenvalue weighted by molar-refractivity contribution is 7.98. The minimum atomic E-state index is -0.0395. The van der Waals surface area contributed by atoms with Crippen molar-refractivity contribution in [2.75, 3.05) is 11.9 Å². The Kier molecular flexibility index (Phi) is 5.50. The van der Waals surface area contributed by atoms with Crippen LogP contribution in [0.5, 0.6) is 0 Å². The Morgan fingerprint density at radius 1 is 1.32 bits per heavy atom. The molecule has 25 heavy (non-hydrogen) atoms. The van der Waals surface area contributed by atoms with Gasteiger partial charge in [-0.1, -0.05) is 30.0 Å². The Labute approximate surface area is 150 Å². The fraction of sp³-hybridized carbons (Fsp3) is 0.211. The predicted molar refractivity (Wildman–Crippen MR) is 104 cm³/mol. The third-order valence-corrected chi connectivity index (χ3v) is 4.69. The summed E-state index contributed by atoms with van der Waals surface area (Å²) >= 11 is 1.51. The average molecular weight is 352 g/mol. The first kappa shape index (κ1) is 17.2. The standard InChI is InChI=1S/C19H20N4OS/c1-3-11-23-18(24)16-7-5-6-8-17(16)22-19(23)25-13-15-12-14(20-4-2)9-10-21-15/h3,5-10,12H,1,4,11,13H2,2H3,(H,20,21). The van der Waals surface area contributed by atoms with Gasteiger partial charge in [-0.15, -0.1) is 6.58 Å². The molecule has 0 bridgehead atoms. The Bertz CT molecular complexity index is 952. The lowest BCUT2D eigenvalue weighted by atomic mass is 10.2. The number of pyridine rings is 1. The third kappa shape index (κ3) is 3.91. The summed E-state index contributed by atoms with van der Waals surface area (Å²) in [6.45, 7) is 7.11. The van der Waals surface area contributed by atoms with Crippen LogP contribution in [0.1, 0.15) is 12.6 Å². The van der Waals surface area contributed by atoms with Crippen LogP contribution >= 0.6 is 11.8 Å². The number of nitrogens with one attached hydrogen (secondary N) is 1. The summed E-state index contributed by atoms with van der Waals surface area (Å²) in [5.41, 5.74) is 2.66. The first-order valence-corrected chi connectivity index (χ1v) is 9.13. The summed E-state index contributed by atoms with van der Waals surface area (Å²) in [6, 6.07) is 11.4. The Hall–Kier alpha value is -2.60. The second-order valence-electron chi connectivity index (χ2n) is 5.47. The highest BCUT2D eigenvalue weighted by Gasteiger charge is 2.11. The quantitative estimate of drug-likeness (QED) is 0.399. The topological polar surface area (TPSA) is 59.8 Å². The zero-order chi connectivity index (χ0) is 17.6. The molecular formula is C19H20N4OS.